The van der Waals surface area contributed by atoms with Gasteiger partial charge in [0.1, 0.15) is 0 Å². The summed E-state index contributed by atoms with van der Waals surface area (Å²) in [5, 5.41) is 13.7. The normalized spacial score (nSPS) is 15.1. The number of nitrogens with zero attached hydrogens (tertiary/aromatic N) is 3. The maximum atomic E-state index is 12.9. The number of rotatable bonds is 5. The van der Waals surface area contributed by atoms with Gasteiger partial charge in [-0.15, -0.1) is 10.2 Å². The summed E-state index contributed by atoms with van der Waals surface area (Å²) in [6.45, 7) is 2.96. The molecule has 0 saturated carbocycles. The maximum absolute atomic E-state index is 12.9. The van der Waals surface area contributed by atoms with Crippen LogP contribution in [-0.2, 0) is 4.79 Å². The molecule has 1 fully saturated rings. The fraction of sp³-hybridized carbons (Fsp3) is 0.292. The molecule has 2 aromatic carbocycles. The lowest BCUT2D eigenvalue weighted by molar-refractivity contribution is -0.121. The van der Waals surface area contributed by atoms with Gasteiger partial charge in [0, 0.05) is 36.4 Å². The molecule has 0 bridgehead atoms. The number of carbonyl (C=O) groups is 3. The van der Waals surface area contributed by atoms with E-state index in [0.29, 0.717) is 43.1 Å². The fourth-order valence-electron chi connectivity index (χ4n) is 3.99. The van der Waals surface area contributed by atoms with Gasteiger partial charge >= 0.3 is 0 Å². The number of hydrogen-bond acceptors (Lipinski definition) is 8. The molecule has 1 aromatic heterocycles. The van der Waals surface area contributed by atoms with Gasteiger partial charge in [-0.25, -0.2) is 0 Å². The van der Waals surface area contributed by atoms with E-state index in [1.54, 1.807) is 23.1 Å². The van der Waals surface area contributed by atoms with Gasteiger partial charge in [-0.3, -0.25) is 14.4 Å². The van der Waals surface area contributed by atoms with Crippen molar-refractivity contribution in [3.63, 3.8) is 0 Å². The number of fused-ring (bicyclic) bond motifs is 1. The summed E-state index contributed by atoms with van der Waals surface area (Å²) in [4.78, 5) is 39.8. The molecule has 3 heterocycles. The van der Waals surface area contributed by atoms with Crippen LogP contribution < -0.4 is 20.1 Å². The van der Waals surface area contributed by atoms with Gasteiger partial charge in [-0.2, -0.15) is 0 Å². The van der Waals surface area contributed by atoms with Crippen molar-refractivity contribution in [3.8, 4) is 11.5 Å². The summed E-state index contributed by atoms with van der Waals surface area (Å²) in [6.07, 6.45) is 1.11. The molecule has 11 heteroatoms. The molecular formula is C24H23N5O5S. The third-order valence-electron chi connectivity index (χ3n) is 5.99. The Bertz CT molecular complexity index is 1280. The van der Waals surface area contributed by atoms with Crippen molar-refractivity contribution in [2.75, 3.05) is 30.5 Å². The Balaban J connectivity index is 1.15. The number of carbonyl (C=O) groups excluding carboxylic acids is 3. The third-order valence-corrected chi connectivity index (χ3v) is 6.90. The van der Waals surface area contributed by atoms with Gasteiger partial charge in [0.2, 0.25) is 22.7 Å². The van der Waals surface area contributed by atoms with Crippen LogP contribution in [-0.4, -0.2) is 52.7 Å². The van der Waals surface area contributed by atoms with Crippen molar-refractivity contribution in [1.82, 2.24) is 15.1 Å². The zero-order valence-corrected chi connectivity index (χ0v) is 19.8. The molecule has 0 atom stereocenters. The van der Waals surface area contributed by atoms with E-state index in [9.17, 15) is 14.4 Å². The van der Waals surface area contributed by atoms with E-state index in [-0.39, 0.29) is 34.5 Å². The molecule has 2 aliphatic rings. The van der Waals surface area contributed by atoms with E-state index in [4.69, 9.17) is 9.47 Å². The number of para-hydroxylation sites is 1. The van der Waals surface area contributed by atoms with Crippen molar-refractivity contribution in [2.45, 2.75) is 19.8 Å². The fourth-order valence-corrected chi connectivity index (χ4v) is 4.69. The second-order valence-electron chi connectivity index (χ2n) is 8.31. The van der Waals surface area contributed by atoms with E-state index < -0.39 is 5.91 Å². The lowest BCUT2D eigenvalue weighted by Gasteiger charge is -2.30. The number of anilines is 2. The molecule has 1 saturated heterocycles. The van der Waals surface area contributed by atoms with Gasteiger partial charge in [0.15, 0.2) is 11.5 Å². The van der Waals surface area contributed by atoms with Crippen LogP contribution in [0.4, 0.5) is 11.4 Å². The van der Waals surface area contributed by atoms with Crippen LogP contribution in [0.2, 0.25) is 0 Å². The standard InChI is InChI=1S/C24H23N5O5S/c1-14-4-2-3-5-17(14)26-20(30)15-8-10-29(11-9-15)24(32)23-28-27-22(35-23)21(31)25-16-6-7-18-19(12-16)34-13-33-18/h2-7,12,15H,8-11,13H2,1H3,(H,25,31)(H,26,30). The van der Waals surface area contributed by atoms with Gasteiger partial charge in [-0.05, 0) is 43.5 Å². The summed E-state index contributed by atoms with van der Waals surface area (Å²) in [6, 6.07) is 12.7. The van der Waals surface area contributed by atoms with Crippen LogP contribution in [0.25, 0.3) is 0 Å². The van der Waals surface area contributed by atoms with Crippen molar-refractivity contribution in [1.29, 1.82) is 0 Å². The third kappa shape index (κ3) is 4.94. The minimum absolute atomic E-state index is 0.0372. The van der Waals surface area contributed by atoms with Crippen molar-refractivity contribution in [2.24, 2.45) is 5.92 Å². The molecule has 35 heavy (non-hydrogen) atoms. The predicted octanol–water partition coefficient (Wildman–Crippen LogP) is 3.32. The molecule has 0 spiro atoms. The summed E-state index contributed by atoms with van der Waals surface area (Å²) in [5.74, 6) is 0.199. The SMILES string of the molecule is Cc1ccccc1NC(=O)C1CCN(C(=O)c2nnc(C(=O)Nc3ccc4c(c3)OCO4)s2)CC1. The van der Waals surface area contributed by atoms with E-state index >= 15 is 0 Å². The zero-order chi connectivity index (χ0) is 24.4. The molecule has 0 aliphatic carbocycles. The highest BCUT2D eigenvalue weighted by atomic mass is 32.1. The molecule has 3 aromatic rings. The monoisotopic (exact) mass is 493 g/mol. The average Bonchev–Trinajstić information content (AvgIpc) is 3.55. The molecule has 2 aliphatic heterocycles. The highest BCUT2D eigenvalue weighted by Gasteiger charge is 2.30. The van der Waals surface area contributed by atoms with E-state index in [0.717, 1.165) is 22.6 Å². The number of ether oxygens (including phenoxy) is 2. The Morgan fingerprint density at radius 3 is 2.51 bits per heavy atom. The quantitative estimate of drug-likeness (QED) is 0.559. The van der Waals surface area contributed by atoms with Crippen molar-refractivity contribution < 1.29 is 23.9 Å². The number of likely N-dealkylation sites (tertiary alicyclic amines) is 1. The van der Waals surface area contributed by atoms with Crippen LogP contribution in [0.15, 0.2) is 42.5 Å². The Morgan fingerprint density at radius 2 is 1.71 bits per heavy atom. The predicted molar refractivity (Wildman–Crippen MR) is 129 cm³/mol. The smallest absolute Gasteiger partial charge is 0.286 e. The Kier molecular flexibility index (Phi) is 6.32. The molecule has 3 amide bonds. The molecule has 180 valence electrons. The lowest BCUT2D eigenvalue weighted by Crippen LogP contribution is -2.41. The van der Waals surface area contributed by atoms with Gasteiger partial charge in [0.25, 0.3) is 11.8 Å². The first-order valence-electron chi connectivity index (χ1n) is 11.2. The first-order chi connectivity index (χ1) is 17.0. The number of benzene rings is 2. The number of piperidine rings is 1. The zero-order valence-electron chi connectivity index (χ0n) is 18.9. The first-order valence-corrected chi connectivity index (χ1v) is 12.0. The largest absolute Gasteiger partial charge is 0.454 e. The molecule has 2 N–H and O–H groups in total. The van der Waals surface area contributed by atoms with E-state index in [1.165, 1.54) is 0 Å². The molecule has 0 radical (unpaired) electrons. The summed E-state index contributed by atoms with van der Waals surface area (Å²) >= 11 is 0.937. The molecular weight excluding hydrogens is 470 g/mol. The highest BCUT2D eigenvalue weighted by Crippen LogP contribution is 2.34. The number of nitrogens with one attached hydrogen (secondary N) is 2. The summed E-state index contributed by atoms with van der Waals surface area (Å²) in [5.41, 5.74) is 2.33. The highest BCUT2D eigenvalue weighted by molar-refractivity contribution is 7.15. The minimum Gasteiger partial charge on any atom is -0.454 e. The number of amides is 3. The summed E-state index contributed by atoms with van der Waals surface area (Å²) in [7, 11) is 0. The van der Waals surface area contributed by atoms with Crippen LogP contribution in [0.3, 0.4) is 0 Å². The van der Waals surface area contributed by atoms with Crippen LogP contribution >= 0.6 is 11.3 Å². The maximum Gasteiger partial charge on any atom is 0.286 e. The van der Waals surface area contributed by atoms with Crippen LogP contribution in [0.1, 0.15) is 38.0 Å². The topological polar surface area (TPSA) is 123 Å². The second-order valence-corrected chi connectivity index (χ2v) is 9.28. The second kappa shape index (κ2) is 9.71. The van der Waals surface area contributed by atoms with Gasteiger partial charge in [0.05, 0.1) is 0 Å². The van der Waals surface area contributed by atoms with Crippen molar-refractivity contribution in [3.05, 3.63) is 58.0 Å². The van der Waals surface area contributed by atoms with E-state index in [1.807, 2.05) is 31.2 Å². The molecule has 5 rings (SSSR count). The average molecular weight is 494 g/mol. The lowest BCUT2D eigenvalue weighted by atomic mass is 9.95. The number of hydrogen-bond donors (Lipinski definition) is 2. The van der Waals surface area contributed by atoms with Gasteiger partial charge in [-0.1, -0.05) is 29.5 Å². The number of aromatic nitrogens is 2. The Hall–Kier alpha value is -3.99. The molecule has 0 unspecified atom stereocenters. The van der Waals surface area contributed by atoms with Gasteiger partial charge < -0.3 is 25.0 Å². The van der Waals surface area contributed by atoms with Crippen molar-refractivity contribution >= 4 is 40.4 Å². The summed E-state index contributed by atoms with van der Waals surface area (Å²) < 4.78 is 10.6. The molecule has 10 nitrogen and oxygen atoms in total. The number of aryl methyl sites for hydroxylation is 1. The first kappa shape index (κ1) is 22.8. The Morgan fingerprint density at radius 1 is 0.971 bits per heavy atom. The van der Waals surface area contributed by atoms with Crippen LogP contribution in [0.5, 0.6) is 11.5 Å². The van der Waals surface area contributed by atoms with E-state index in [2.05, 4.69) is 20.8 Å². The van der Waals surface area contributed by atoms with Crippen LogP contribution in [0, 0.1) is 12.8 Å². The Labute approximate surface area is 205 Å². The minimum atomic E-state index is -0.466.